The van der Waals surface area contributed by atoms with Crippen LogP contribution in [0.15, 0.2) is 42.5 Å². The Bertz CT molecular complexity index is 726. The summed E-state index contributed by atoms with van der Waals surface area (Å²) in [5.74, 6) is -0.0625. The van der Waals surface area contributed by atoms with Crippen molar-refractivity contribution in [3.8, 4) is 5.75 Å². The molecule has 0 aliphatic heterocycles. The lowest BCUT2D eigenvalue weighted by atomic mass is 10.1. The Kier molecular flexibility index (Phi) is 5.78. The number of rotatable bonds is 5. The summed E-state index contributed by atoms with van der Waals surface area (Å²) in [6.45, 7) is 2.25. The highest BCUT2D eigenvalue weighted by Crippen LogP contribution is 2.20. The van der Waals surface area contributed by atoms with E-state index in [4.69, 9.17) is 9.47 Å². The number of hydrogen-bond donors (Lipinski definition) is 2. The van der Waals surface area contributed by atoms with Gasteiger partial charge in [0.1, 0.15) is 11.3 Å². The third-order valence-corrected chi connectivity index (χ3v) is 3.43. The summed E-state index contributed by atoms with van der Waals surface area (Å²) >= 11 is 0. The fourth-order valence-corrected chi connectivity index (χ4v) is 2.13. The summed E-state index contributed by atoms with van der Waals surface area (Å²) in [6.07, 6.45) is 0. The van der Waals surface area contributed by atoms with E-state index in [-0.39, 0.29) is 12.6 Å². The van der Waals surface area contributed by atoms with E-state index in [0.29, 0.717) is 17.0 Å². The molecule has 2 amide bonds. The number of methoxy groups -OCH3 is 2. The number of carbonyl (C=O) groups is 2. The zero-order valence-electron chi connectivity index (χ0n) is 13.9. The van der Waals surface area contributed by atoms with Gasteiger partial charge in [0.05, 0.1) is 14.2 Å². The van der Waals surface area contributed by atoms with Gasteiger partial charge in [0, 0.05) is 12.2 Å². The monoisotopic (exact) mass is 328 g/mol. The van der Waals surface area contributed by atoms with Gasteiger partial charge in [-0.25, -0.2) is 9.59 Å². The number of ether oxygens (including phenoxy) is 2. The maximum Gasteiger partial charge on any atom is 0.341 e. The van der Waals surface area contributed by atoms with Crippen molar-refractivity contribution < 1.29 is 19.1 Å². The molecule has 0 aromatic heterocycles. The van der Waals surface area contributed by atoms with Gasteiger partial charge in [-0.05, 0) is 36.8 Å². The fourth-order valence-electron chi connectivity index (χ4n) is 2.13. The van der Waals surface area contributed by atoms with E-state index in [9.17, 15) is 9.59 Å². The van der Waals surface area contributed by atoms with Crippen molar-refractivity contribution >= 4 is 17.7 Å². The first-order valence-corrected chi connectivity index (χ1v) is 7.40. The molecule has 0 saturated carbocycles. The smallest absolute Gasteiger partial charge is 0.341 e. The number of hydrogen-bond acceptors (Lipinski definition) is 4. The quantitative estimate of drug-likeness (QED) is 0.827. The second-order valence-electron chi connectivity index (χ2n) is 5.20. The highest BCUT2D eigenvalue weighted by Gasteiger charge is 2.13. The van der Waals surface area contributed by atoms with Crippen molar-refractivity contribution in [2.75, 3.05) is 19.5 Å². The maximum atomic E-state index is 11.9. The van der Waals surface area contributed by atoms with Gasteiger partial charge in [-0.3, -0.25) is 0 Å². The zero-order valence-corrected chi connectivity index (χ0v) is 13.9. The Morgan fingerprint density at radius 1 is 1.04 bits per heavy atom. The molecule has 0 atom stereocenters. The zero-order chi connectivity index (χ0) is 17.5. The molecule has 6 nitrogen and oxygen atoms in total. The largest absolute Gasteiger partial charge is 0.496 e. The predicted molar refractivity (Wildman–Crippen MR) is 91.4 cm³/mol. The Morgan fingerprint density at radius 2 is 1.75 bits per heavy atom. The molecule has 0 aliphatic carbocycles. The van der Waals surface area contributed by atoms with Crippen LogP contribution in [-0.4, -0.2) is 26.2 Å². The Hall–Kier alpha value is -3.02. The molecule has 0 spiro atoms. The molecule has 0 bridgehead atoms. The van der Waals surface area contributed by atoms with Crippen LogP contribution in [0.2, 0.25) is 0 Å². The molecule has 24 heavy (non-hydrogen) atoms. The number of urea groups is 1. The van der Waals surface area contributed by atoms with Crippen molar-refractivity contribution in [2.45, 2.75) is 13.5 Å². The third-order valence-electron chi connectivity index (χ3n) is 3.43. The van der Waals surface area contributed by atoms with Crippen molar-refractivity contribution in [2.24, 2.45) is 0 Å². The van der Waals surface area contributed by atoms with Gasteiger partial charge in [-0.15, -0.1) is 0 Å². The predicted octanol–water partition coefficient (Wildman–Crippen LogP) is 3.11. The van der Waals surface area contributed by atoms with E-state index in [0.717, 1.165) is 11.1 Å². The van der Waals surface area contributed by atoms with Crippen LogP contribution < -0.4 is 15.4 Å². The highest BCUT2D eigenvalue weighted by atomic mass is 16.5. The van der Waals surface area contributed by atoms with E-state index in [1.807, 2.05) is 31.2 Å². The second-order valence-corrected chi connectivity index (χ2v) is 5.20. The van der Waals surface area contributed by atoms with Crippen LogP contribution in [0.25, 0.3) is 0 Å². The molecule has 2 aromatic carbocycles. The molecular formula is C18H20N2O4. The van der Waals surface area contributed by atoms with Crippen LogP contribution in [0.3, 0.4) is 0 Å². The van der Waals surface area contributed by atoms with Gasteiger partial charge in [0.2, 0.25) is 0 Å². The molecule has 126 valence electrons. The van der Waals surface area contributed by atoms with Gasteiger partial charge in [-0.2, -0.15) is 0 Å². The number of anilines is 1. The van der Waals surface area contributed by atoms with E-state index in [1.54, 1.807) is 18.2 Å². The van der Waals surface area contributed by atoms with Crippen molar-refractivity contribution in [3.05, 3.63) is 59.2 Å². The number of nitrogens with one attached hydrogen (secondary N) is 2. The molecule has 0 radical (unpaired) electrons. The maximum absolute atomic E-state index is 11.9. The Balaban J connectivity index is 1.99. The van der Waals surface area contributed by atoms with Crippen molar-refractivity contribution in [1.29, 1.82) is 0 Å². The molecule has 6 heteroatoms. The summed E-state index contributed by atoms with van der Waals surface area (Å²) in [7, 11) is 2.79. The number of amides is 2. The Labute approximate surface area is 140 Å². The molecular weight excluding hydrogens is 308 g/mol. The molecule has 2 N–H and O–H groups in total. The molecule has 0 fully saturated rings. The minimum absolute atomic E-state index is 0.270. The summed E-state index contributed by atoms with van der Waals surface area (Å²) < 4.78 is 9.87. The van der Waals surface area contributed by atoms with Crippen molar-refractivity contribution in [3.63, 3.8) is 0 Å². The van der Waals surface area contributed by atoms with Gasteiger partial charge < -0.3 is 20.1 Å². The lowest BCUT2D eigenvalue weighted by Crippen LogP contribution is -2.28. The first kappa shape index (κ1) is 17.3. The fraction of sp³-hybridized carbons (Fsp3) is 0.222. The standard InChI is InChI=1S/C18H20N2O4/c1-12-4-7-14(8-5-12)20-18(22)19-11-13-6-9-16(23-2)15(10-13)17(21)24-3/h4-10H,11H2,1-3H3,(H2,19,20,22). The Morgan fingerprint density at radius 3 is 2.38 bits per heavy atom. The van der Waals surface area contributed by atoms with E-state index in [1.165, 1.54) is 14.2 Å². The third kappa shape index (κ3) is 4.49. The second kappa shape index (κ2) is 8.01. The van der Waals surface area contributed by atoms with Gasteiger partial charge in [-0.1, -0.05) is 23.8 Å². The lowest BCUT2D eigenvalue weighted by molar-refractivity contribution is 0.0597. The van der Waals surface area contributed by atoms with Gasteiger partial charge >= 0.3 is 12.0 Å². The molecule has 2 aromatic rings. The molecule has 0 heterocycles. The van der Waals surface area contributed by atoms with Crippen LogP contribution in [0.5, 0.6) is 5.75 Å². The number of aryl methyl sites for hydroxylation is 1. The van der Waals surface area contributed by atoms with Gasteiger partial charge in [0.15, 0.2) is 0 Å². The van der Waals surface area contributed by atoms with Crippen LogP contribution in [0.4, 0.5) is 10.5 Å². The lowest BCUT2D eigenvalue weighted by Gasteiger charge is -2.11. The van der Waals surface area contributed by atoms with E-state index in [2.05, 4.69) is 10.6 Å². The highest BCUT2D eigenvalue weighted by molar-refractivity contribution is 5.93. The van der Waals surface area contributed by atoms with Crippen molar-refractivity contribution in [1.82, 2.24) is 5.32 Å². The minimum atomic E-state index is -0.488. The summed E-state index contributed by atoms with van der Waals surface area (Å²) in [5, 5.41) is 5.48. The normalized spacial score (nSPS) is 9.96. The van der Waals surface area contributed by atoms with Gasteiger partial charge in [0.25, 0.3) is 0 Å². The topological polar surface area (TPSA) is 76.7 Å². The van der Waals surface area contributed by atoms with E-state index >= 15 is 0 Å². The summed E-state index contributed by atoms with van der Waals surface area (Å²) in [5.41, 5.74) is 2.91. The summed E-state index contributed by atoms with van der Waals surface area (Å²) in [6, 6.07) is 12.3. The van der Waals surface area contributed by atoms with Crippen LogP contribution in [0.1, 0.15) is 21.5 Å². The van der Waals surface area contributed by atoms with Crippen LogP contribution in [0, 0.1) is 6.92 Å². The SMILES string of the molecule is COC(=O)c1cc(CNC(=O)Nc2ccc(C)cc2)ccc1OC. The molecule has 0 aliphatic rings. The first-order valence-electron chi connectivity index (χ1n) is 7.40. The minimum Gasteiger partial charge on any atom is -0.496 e. The number of benzene rings is 2. The molecule has 2 rings (SSSR count). The van der Waals surface area contributed by atoms with E-state index < -0.39 is 5.97 Å². The average molecular weight is 328 g/mol. The first-order chi connectivity index (χ1) is 11.5. The van der Waals surface area contributed by atoms with Crippen LogP contribution >= 0.6 is 0 Å². The molecule has 0 saturated heterocycles. The number of esters is 1. The average Bonchev–Trinajstić information content (AvgIpc) is 2.61. The number of carbonyl (C=O) groups excluding carboxylic acids is 2. The molecule has 0 unspecified atom stereocenters. The van der Waals surface area contributed by atoms with Crippen LogP contribution in [-0.2, 0) is 11.3 Å². The summed E-state index contributed by atoms with van der Waals surface area (Å²) in [4.78, 5) is 23.7.